The van der Waals surface area contributed by atoms with E-state index in [1.54, 1.807) is 24.3 Å². The maximum absolute atomic E-state index is 14.6. The van der Waals surface area contributed by atoms with Crippen molar-refractivity contribution >= 4 is 51.8 Å². The van der Waals surface area contributed by atoms with Gasteiger partial charge in [0.15, 0.2) is 17.4 Å². The smallest absolute Gasteiger partial charge is 0.529 e. The van der Waals surface area contributed by atoms with Crippen LogP contribution in [0.25, 0.3) is 66.9 Å². The summed E-state index contributed by atoms with van der Waals surface area (Å²) >= 11 is 0. The van der Waals surface area contributed by atoms with Crippen LogP contribution >= 0.6 is 0 Å². The Kier molecular flexibility index (Phi) is 5.39. The number of halogens is 5. The molecule has 7 aromatic rings. The van der Waals surface area contributed by atoms with Crippen molar-refractivity contribution in [1.29, 1.82) is 0 Å². The van der Waals surface area contributed by atoms with Gasteiger partial charge in [0.25, 0.3) is 0 Å². The molecule has 0 unspecified atom stereocenters. The van der Waals surface area contributed by atoms with Gasteiger partial charge in [0, 0.05) is 32.7 Å². The SMILES string of the molecule is Fc1c(F)c(F)c(O[B]n2c3nc4nc(nc5[nH]c(nc2c2ccccc23)c2ccccc52)-c2ccccc2-4)c(F)c1F. The normalized spacial score (nSPS) is 11.8. The van der Waals surface area contributed by atoms with Gasteiger partial charge in [-0.2, -0.15) is 8.78 Å². The average Bonchev–Trinajstić information content (AvgIpc) is 3.66. The summed E-state index contributed by atoms with van der Waals surface area (Å²) < 4.78 is 77.3. The van der Waals surface area contributed by atoms with Crippen LogP contribution in [0.4, 0.5) is 22.0 Å². The molecule has 0 saturated carbocycles. The lowest BCUT2D eigenvalue weighted by Gasteiger charge is -2.10. The molecule has 8 rings (SSSR count). The van der Waals surface area contributed by atoms with E-state index in [4.69, 9.17) is 24.6 Å². The van der Waals surface area contributed by atoms with Gasteiger partial charge in [-0.25, -0.2) is 33.1 Å². The van der Waals surface area contributed by atoms with Gasteiger partial charge in [-0.15, -0.1) is 0 Å². The highest BCUT2D eigenvalue weighted by molar-refractivity contribution is 6.33. The van der Waals surface area contributed by atoms with Crippen molar-refractivity contribution in [3.05, 3.63) is 102 Å². The maximum Gasteiger partial charge on any atom is 0.529 e. The minimum Gasteiger partial charge on any atom is -0.538 e. The highest BCUT2D eigenvalue weighted by Crippen LogP contribution is 2.36. The Balaban J connectivity index is 1.50. The Morgan fingerprint density at radius 1 is 0.535 bits per heavy atom. The van der Waals surface area contributed by atoms with E-state index < -0.39 is 34.8 Å². The first-order valence-corrected chi connectivity index (χ1v) is 12.9. The Bertz CT molecular complexity index is 2360. The summed E-state index contributed by atoms with van der Waals surface area (Å²) in [6.45, 7) is 0. The average molecular weight is 579 g/mol. The van der Waals surface area contributed by atoms with Crippen LogP contribution in [0.1, 0.15) is 0 Å². The molecule has 43 heavy (non-hydrogen) atoms. The monoisotopic (exact) mass is 579 g/mol. The van der Waals surface area contributed by atoms with Crippen LogP contribution in [0, 0.1) is 29.1 Å². The first-order chi connectivity index (χ1) is 20.9. The summed E-state index contributed by atoms with van der Waals surface area (Å²) in [6.07, 6.45) is 0. The predicted molar refractivity (Wildman–Crippen MR) is 150 cm³/mol. The molecule has 1 aliphatic rings. The summed E-state index contributed by atoms with van der Waals surface area (Å²) in [5.74, 6) is -11.6. The standard InChI is InChI=1S/C30H13BF5N6O/c32-19-20(33)22(35)24(23(36)21(19)34)43-31-42-29-17-11-5-6-12-18(17)30(42)41-28-16-10-4-2-8-14(16)26(39-28)37-25-13-7-1-3-9-15(13)27(38-25)40-29/h1-12H,(H,37,38,39,40,41). The Morgan fingerprint density at radius 3 is 1.60 bits per heavy atom. The molecule has 0 amide bonds. The fourth-order valence-corrected chi connectivity index (χ4v) is 5.25. The van der Waals surface area contributed by atoms with Crippen LogP contribution in [0.3, 0.4) is 0 Å². The Hall–Kier alpha value is -5.59. The molecule has 0 saturated heterocycles. The first-order valence-electron chi connectivity index (χ1n) is 12.9. The molecule has 4 aromatic carbocycles. The van der Waals surface area contributed by atoms with Gasteiger partial charge in [0.05, 0.1) is 0 Å². The molecule has 0 aliphatic carbocycles. The zero-order chi connectivity index (χ0) is 29.4. The van der Waals surface area contributed by atoms with E-state index in [1.807, 2.05) is 48.5 Å². The van der Waals surface area contributed by atoms with Crippen LogP contribution in [0.5, 0.6) is 5.75 Å². The van der Waals surface area contributed by atoms with Gasteiger partial charge in [-0.3, -0.25) is 0 Å². The van der Waals surface area contributed by atoms with E-state index >= 15 is 0 Å². The summed E-state index contributed by atoms with van der Waals surface area (Å²) in [7, 11) is 0.810. The van der Waals surface area contributed by atoms with E-state index in [0.717, 1.165) is 18.6 Å². The van der Waals surface area contributed by atoms with Gasteiger partial charge in [0.1, 0.15) is 22.6 Å². The lowest BCUT2D eigenvalue weighted by molar-refractivity contribution is 0.350. The number of aromatic nitrogens is 6. The van der Waals surface area contributed by atoms with Crippen LogP contribution < -0.4 is 4.65 Å². The number of rotatable bonds is 3. The third-order valence-electron chi connectivity index (χ3n) is 7.25. The van der Waals surface area contributed by atoms with Crippen LogP contribution in [0.15, 0.2) is 72.8 Å². The fraction of sp³-hybridized carbons (Fsp3) is 0. The summed E-state index contributed by atoms with van der Waals surface area (Å²) in [4.78, 5) is 22.4. The molecule has 0 spiro atoms. The third kappa shape index (κ3) is 3.67. The minimum absolute atomic E-state index is 0.185. The van der Waals surface area contributed by atoms with E-state index in [0.29, 0.717) is 38.8 Å². The molecule has 3 aromatic heterocycles. The number of hydrogen-bond donors (Lipinski definition) is 1. The molecule has 13 heteroatoms. The molecule has 4 heterocycles. The van der Waals surface area contributed by atoms with Crippen molar-refractivity contribution in [3.63, 3.8) is 0 Å². The van der Waals surface area contributed by atoms with Gasteiger partial charge in [-0.05, 0) is 0 Å². The van der Waals surface area contributed by atoms with Gasteiger partial charge in [-0.1, -0.05) is 72.8 Å². The second kappa shape index (κ2) is 9.21. The fourth-order valence-electron chi connectivity index (χ4n) is 5.25. The first kappa shape index (κ1) is 25.2. The van der Waals surface area contributed by atoms with E-state index in [1.165, 1.54) is 4.48 Å². The molecular weight excluding hydrogens is 566 g/mol. The van der Waals surface area contributed by atoms with Crippen molar-refractivity contribution in [2.75, 3.05) is 0 Å². The van der Waals surface area contributed by atoms with Crippen molar-refractivity contribution in [3.8, 4) is 28.5 Å². The summed E-state index contributed by atoms with van der Waals surface area (Å²) in [6, 6.07) is 21.8. The van der Waals surface area contributed by atoms with E-state index in [2.05, 4.69) is 4.98 Å². The number of nitrogens with zero attached hydrogens (tertiary/aromatic N) is 5. The molecule has 1 aliphatic heterocycles. The number of aromatic amines is 1. The van der Waals surface area contributed by atoms with Gasteiger partial charge >= 0.3 is 7.62 Å². The molecule has 1 radical (unpaired) electrons. The quantitative estimate of drug-likeness (QED) is 0.106. The largest absolute Gasteiger partial charge is 0.538 e. The van der Waals surface area contributed by atoms with E-state index in [-0.39, 0.29) is 17.1 Å². The second-order valence-electron chi connectivity index (χ2n) is 9.69. The number of benzene rings is 4. The lowest BCUT2D eigenvalue weighted by atomic mass is 10.1. The van der Waals surface area contributed by atoms with Crippen molar-refractivity contribution in [1.82, 2.24) is 29.4 Å². The summed E-state index contributed by atoms with van der Waals surface area (Å²) in [5.41, 5.74) is 2.67. The molecule has 7 nitrogen and oxygen atoms in total. The Morgan fingerprint density at radius 2 is 1.00 bits per heavy atom. The number of nitrogens with one attached hydrogen (secondary N) is 1. The molecular formula is C30H13BF5N6O. The third-order valence-corrected chi connectivity index (χ3v) is 7.25. The molecule has 207 valence electrons. The number of fused-ring (bicyclic) bond motifs is 15. The zero-order valence-corrected chi connectivity index (χ0v) is 21.5. The minimum atomic E-state index is -2.29. The van der Waals surface area contributed by atoms with Crippen molar-refractivity contribution in [2.45, 2.75) is 0 Å². The second-order valence-corrected chi connectivity index (χ2v) is 9.69. The van der Waals surface area contributed by atoms with E-state index in [9.17, 15) is 22.0 Å². The predicted octanol–water partition coefficient (Wildman–Crippen LogP) is 6.94. The topological polar surface area (TPSA) is 81.5 Å². The molecule has 1 N–H and O–H groups in total. The zero-order valence-electron chi connectivity index (χ0n) is 21.5. The van der Waals surface area contributed by atoms with Gasteiger partial charge < -0.3 is 14.1 Å². The molecule has 6 bridgehead atoms. The van der Waals surface area contributed by atoms with Crippen molar-refractivity contribution in [2.24, 2.45) is 0 Å². The van der Waals surface area contributed by atoms with Gasteiger partial charge in [0.2, 0.25) is 29.1 Å². The van der Waals surface area contributed by atoms with Crippen LogP contribution in [-0.2, 0) is 0 Å². The molecule has 0 fully saturated rings. The van der Waals surface area contributed by atoms with Crippen LogP contribution in [-0.4, -0.2) is 37.0 Å². The molecule has 0 atom stereocenters. The number of hydrogen-bond acceptors (Lipinski definition) is 5. The Labute approximate surface area is 238 Å². The van der Waals surface area contributed by atoms with Crippen LogP contribution in [0.2, 0.25) is 0 Å². The highest BCUT2D eigenvalue weighted by atomic mass is 19.2. The maximum atomic E-state index is 14.6. The number of H-pyrrole nitrogens is 1. The van der Waals surface area contributed by atoms with Crippen molar-refractivity contribution < 1.29 is 26.6 Å². The lowest BCUT2D eigenvalue weighted by Crippen LogP contribution is -2.18. The summed E-state index contributed by atoms with van der Waals surface area (Å²) in [5, 5.41) is 2.59. The highest BCUT2D eigenvalue weighted by Gasteiger charge is 2.28.